The topological polar surface area (TPSA) is 76.2 Å². The van der Waals surface area contributed by atoms with Gasteiger partial charge in [0.05, 0.1) is 5.76 Å². The number of hydrogen-bond acceptors (Lipinski definition) is 5. The number of benzene rings is 3. The SMILES string of the molecule is CC(C)(C)c1cc(-c2ncnc3oc4c(c23)-c2ccccc2CC4)[c-]c2ccccc12.CCC(CC)C(=O)/C=C(\O)C(CC)CC.[Ir]. The Hall–Kier alpha value is -3.60. The van der Waals surface area contributed by atoms with E-state index >= 15 is 0 Å². The van der Waals surface area contributed by atoms with E-state index in [1.54, 1.807) is 6.33 Å². The van der Waals surface area contributed by atoms with Gasteiger partial charge >= 0.3 is 0 Å². The van der Waals surface area contributed by atoms with Crippen LogP contribution < -0.4 is 0 Å². The standard InChI is InChI=1S/C28H23N2O.C13H24O2.Ir/c1-28(2,3)22-15-19(14-18-9-5-6-10-20(18)22)26-25-24-21-11-7-4-8-17(21)12-13-23(24)31-27(25)30-16-29-26;1-5-10(6-2)12(14)9-13(15)11(7-3)8-4;/h4-11,15-16H,12-13H2,1-3H3;9-11,14H,5-8H2,1-4H3;/q-1;;/b;12-9-;. The van der Waals surface area contributed by atoms with Gasteiger partial charge in [0.1, 0.15) is 12.1 Å². The van der Waals surface area contributed by atoms with Crippen LogP contribution >= 0.6 is 0 Å². The van der Waals surface area contributed by atoms with Crippen LogP contribution in [0.5, 0.6) is 0 Å². The molecule has 0 amide bonds. The minimum atomic E-state index is -0.00196. The fourth-order valence-corrected chi connectivity index (χ4v) is 6.63. The van der Waals surface area contributed by atoms with E-state index in [9.17, 15) is 9.90 Å². The summed E-state index contributed by atoms with van der Waals surface area (Å²) in [6.07, 6.45) is 8.39. The van der Waals surface area contributed by atoms with Gasteiger partial charge in [-0.25, -0.2) is 4.98 Å². The maximum Gasteiger partial charge on any atom is 0.222 e. The number of carbonyl (C=O) groups is 1. The third-order valence-electron chi connectivity index (χ3n) is 9.39. The molecule has 47 heavy (non-hydrogen) atoms. The zero-order valence-electron chi connectivity index (χ0n) is 28.7. The Morgan fingerprint density at radius 1 is 0.936 bits per heavy atom. The quantitative estimate of drug-likeness (QED) is 0.0960. The number of aromatic nitrogens is 2. The van der Waals surface area contributed by atoms with Crippen LogP contribution in [0.1, 0.15) is 91.0 Å². The fourth-order valence-electron chi connectivity index (χ4n) is 6.63. The smallest absolute Gasteiger partial charge is 0.222 e. The number of aliphatic hydroxyl groups is 1. The first-order valence-corrected chi connectivity index (χ1v) is 16.9. The summed E-state index contributed by atoms with van der Waals surface area (Å²) >= 11 is 0. The van der Waals surface area contributed by atoms with Gasteiger partial charge in [0.15, 0.2) is 5.78 Å². The maximum absolute atomic E-state index is 11.7. The summed E-state index contributed by atoms with van der Waals surface area (Å²) in [5.41, 5.74) is 7.56. The molecule has 1 aliphatic rings. The van der Waals surface area contributed by atoms with Crippen LogP contribution in [-0.4, -0.2) is 20.9 Å². The number of fused-ring (bicyclic) bond motifs is 6. The van der Waals surface area contributed by atoms with Gasteiger partial charge in [0.2, 0.25) is 5.71 Å². The van der Waals surface area contributed by atoms with E-state index in [1.165, 1.54) is 28.2 Å². The number of carbonyl (C=O) groups excluding carboxylic acids is 1. The molecule has 5 aromatic rings. The molecule has 5 nitrogen and oxygen atoms in total. The van der Waals surface area contributed by atoms with Crippen LogP contribution in [0.2, 0.25) is 0 Å². The molecule has 0 aliphatic heterocycles. The Kier molecular flexibility index (Phi) is 12.0. The van der Waals surface area contributed by atoms with Gasteiger partial charge in [0, 0.05) is 61.1 Å². The van der Waals surface area contributed by atoms with Gasteiger partial charge in [-0.1, -0.05) is 102 Å². The van der Waals surface area contributed by atoms with E-state index in [0.29, 0.717) is 5.71 Å². The van der Waals surface area contributed by atoms with Gasteiger partial charge < -0.3 is 9.52 Å². The summed E-state index contributed by atoms with van der Waals surface area (Å²) in [4.78, 5) is 21.0. The predicted octanol–water partition coefficient (Wildman–Crippen LogP) is 10.8. The minimum Gasteiger partial charge on any atom is -0.512 e. The Bertz CT molecular complexity index is 1870. The van der Waals surface area contributed by atoms with Crippen molar-refractivity contribution >= 4 is 27.7 Å². The second-order valence-corrected chi connectivity index (χ2v) is 13.4. The number of aryl methyl sites for hydroxylation is 2. The summed E-state index contributed by atoms with van der Waals surface area (Å²) in [6, 6.07) is 23.0. The van der Waals surface area contributed by atoms with Crippen molar-refractivity contribution in [1.29, 1.82) is 0 Å². The molecule has 0 fully saturated rings. The molecular formula is C41H47IrN2O3-. The number of allylic oxidation sites excluding steroid dienone is 2. The largest absolute Gasteiger partial charge is 0.512 e. The molecule has 3 aromatic carbocycles. The second-order valence-electron chi connectivity index (χ2n) is 13.4. The number of rotatable bonds is 8. The minimum absolute atomic E-state index is 0. The predicted molar refractivity (Wildman–Crippen MR) is 189 cm³/mol. The number of hydrogen-bond donors (Lipinski definition) is 1. The molecule has 2 aromatic heterocycles. The molecule has 0 bridgehead atoms. The van der Waals surface area contributed by atoms with Crippen LogP contribution in [0.4, 0.5) is 0 Å². The first kappa shape index (κ1) is 36.2. The molecule has 6 rings (SSSR count). The van der Waals surface area contributed by atoms with Crippen molar-refractivity contribution in [2.75, 3.05) is 0 Å². The summed E-state index contributed by atoms with van der Waals surface area (Å²) in [6.45, 7) is 14.8. The molecule has 1 radical (unpaired) electrons. The Morgan fingerprint density at radius 2 is 1.60 bits per heavy atom. The molecule has 0 saturated heterocycles. The van der Waals surface area contributed by atoms with Gasteiger partial charge in [-0.3, -0.25) is 9.78 Å². The third kappa shape index (κ3) is 7.60. The molecule has 249 valence electrons. The normalized spacial score (nSPS) is 12.8. The molecule has 2 heterocycles. The molecule has 0 saturated carbocycles. The van der Waals surface area contributed by atoms with Crippen molar-refractivity contribution in [3.05, 3.63) is 95.7 Å². The van der Waals surface area contributed by atoms with Crippen molar-refractivity contribution < 1.29 is 34.4 Å². The molecular weight excluding hydrogens is 761 g/mol. The zero-order chi connectivity index (χ0) is 33.0. The fraction of sp³-hybridized carbons (Fsp3) is 0.390. The van der Waals surface area contributed by atoms with Crippen molar-refractivity contribution in [1.82, 2.24) is 9.97 Å². The molecule has 1 N–H and O–H groups in total. The zero-order valence-corrected chi connectivity index (χ0v) is 31.1. The first-order chi connectivity index (χ1) is 22.1. The van der Waals surface area contributed by atoms with Gasteiger partial charge in [-0.15, -0.1) is 29.1 Å². The van der Waals surface area contributed by atoms with Gasteiger partial charge in [0.25, 0.3) is 0 Å². The van der Waals surface area contributed by atoms with Crippen LogP contribution in [0.15, 0.2) is 77.2 Å². The van der Waals surface area contributed by atoms with Crippen molar-refractivity contribution in [2.45, 2.75) is 92.4 Å². The second kappa shape index (κ2) is 15.5. The van der Waals surface area contributed by atoms with Crippen molar-refractivity contribution in [3.8, 4) is 22.4 Å². The molecule has 6 heteroatoms. The molecule has 0 atom stereocenters. The molecule has 0 unspecified atom stereocenters. The maximum atomic E-state index is 11.7. The number of aliphatic hydroxyl groups excluding tert-OH is 1. The Morgan fingerprint density at radius 3 is 2.28 bits per heavy atom. The Labute approximate surface area is 293 Å². The van der Waals surface area contributed by atoms with Gasteiger partial charge in [-0.2, -0.15) is 0 Å². The van der Waals surface area contributed by atoms with Crippen LogP contribution in [0, 0.1) is 17.9 Å². The summed E-state index contributed by atoms with van der Waals surface area (Å²) in [5, 5.41) is 13.1. The summed E-state index contributed by atoms with van der Waals surface area (Å²) in [5.74, 6) is 1.55. The first-order valence-electron chi connectivity index (χ1n) is 16.9. The van der Waals surface area contributed by atoms with Crippen LogP contribution in [0.3, 0.4) is 0 Å². The van der Waals surface area contributed by atoms with Crippen LogP contribution in [0.25, 0.3) is 44.3 Å². The van der Waals surface area contributed by atoms with E-state index in [-0.39, 0.29) is 48.9 Å². The summed E-state index contributed by atoms with van der Waals surface area (Å²) < 4.78 is 6.23. The number of nitrogens with zero attached hydrogens (tertiary/aromatic N) is 2. The van der Waals surface area contributed by atoms with E-state index in [2.05, 4.69) is 86.4 Å². The monoisotopic (exact) mass is 808 g/mol. The number of ketones is 1. The number of furan rings is 1. The summed E-state index contributed by atoms with van der Waals surface area (Å²) in [7, 11) is 0. The van der Waals surface area contributed by atoms with Crippen molar-refractivity contribution in [2.24, 2.45) is 11.8 Å². The average molecular weight is 808 g/mol. The molecule has 0 spiro atoms. The Balaban J connectivity index is 0.000000269. The third-order valence-corrected chi connectivity index (χ3v) is 9.39. The van der Waals surface area contributed by atoms with Crippen LogP contribution in [-0.2, 0) is 43.2 Å². The van der Waals surface area contributed by atoms with E-state index in [4.69, 9.17) is 9.40 Å². The average Bonchev–Trinajstić information content (AvgIpc) is 3.45. The van der Waals surface area contributed by atoms with E-state index in [1.807, 2.05) is 27.7 Å². The molecule has 1 aliphatic carbocycles. The van der Waals surface area contributed by atoms with E-state index < -0.39 is 0 Å². The van der Waals surface area contributed by atoms with Crippen molar-refractivity contribution in [3.63, 3.8) is 0 Å². The van der Waals surface area contributed by atoms with Gasteiger partial charge in [-0.05, 0) is 48.6 Å². The van der Waals surface area contributed by atoms with E-state index in [0.717, 1.165) is 71.9 Å².